The number of anilines is 1. The zero-order valence-corrected chi connectivity index (χ0v) is 14.2. The zero-order valence-electron chi connectivity index (χ0n) is 14.2. The molecule has 1 N–H and O–H groups in total. The van der Waals surface area contributed by atoms with Crippen LogP contribution in [0.3, 0.4) is 0 Å². The average molecular weight is 332 g/mol. The molecule has 3 rings (SSSR count). The second-order valence-electron chi connectivity index (χ2n) is 6.20. The van der Waals surface area contributed by atoms with Crippen LogP contribution in [0.5, 0.6) is 11.5 Å². The van der Waals surface area contributed by atoms with E-state index in [2.05, 4.69) is 5.32 Å². The van der Waals surface area contributed by atoms with E-state index in [-0.39, 0.29) is 17.7 Å². The first-order valence-corrected chi connectivity index (χ1v) is 8.62. The van der Waals surface area contributed by atoms with Gasteiger partial charge in [0.05, 0.1) is 19.1 Å². The summed E-state index contributed by atoms with van der Waals surface area (Å²) in [6.07, 6.45) is 2.44. The third-order valence-corrected chi connectivity index (χ3v) is 4.33. The molecule has 1 atom stereocenters. The molecular weight excluding hydrogens is 308 g/mol. The number of carbonyl (C=O) groups excluding carboxylic acids is 2. The summed E-state index contributed by atoms with van der Waals surface area (Å²) in [4.78, 5) is 26.3. The second kappa shape index (κ2) is 7.11. The standard InChI is InChI=1S/C18H24N2O4/c1-3-23-15-8-5-13(10-16(15)24-4-2)19-18(22)12-9-17(21)20(11-12)14-6-7-14/h5,8,10,12,14H,3-4,6-7,9,11H2,1-2H3,(H,19,22). The van der Waals surface area contributed by atoms with E-state index in [1.165, 1.54) is 0 Å². The summed E-state index contributed by atoms with van der Waals surface area (Å²) in [7, 11) is 0. The first kappa shape index (κ1) is 16.6. The van der Waals surface area contributed by atoms with Crippen LogP contribution in [-0.2, 0) is 9.59 Å². The molecular formula is C18H24N2O4. The van der Waals surface area contributed by atoms with Gasteiger partial charge in [-0.3, -0.25) is 9.59 Å². The highest BCUT2D eigenvalue weighted by Crippen LogP contribution is 2.34. The van der Waals surface area contributed by atoms with Crippen molar-refractivity contribution < 1.29 is 19.1 Å². The maximum atomic E-state index is 12.5. The minimum atomic E-state index is -0.278. The fourth-order valence-corrected chi connectivity index (χ4v) is 3.02. The summed E-state index contributed by atoms with van der Waals surface area (Å²) < 4.78 is 11.1. The predicted octanol–water partition coefficient (Wildman–Crippen LogP) is 2.43. The number of ether oxygens (including phenoxy) is 2. The first-order valence-electron chi connectivity index (χ1n) is 8.62. The van der Waals surface area contributed by atoms with E-state index in [0.717, 1.165) is 12.8 Å². The molecule has 0 radical (unpaired) electrons. The van der Waals surface area contributed by atoms with Crippen LogP contribution in [0, 0.1) is 5.92 Å². The Balaban J connectivity index is 1.65. The number of nitrogens with zero attached hydrogens (tertiary/aromatic N) is 1. The first-order chi connectivity index (χ1) is 11.6. The molecule has 130 valence electrons. The Morgan fingerprint density at radius 1 is 1.21 bits per heavy atom. The molecule has 0 spiro atoms. The number of hydrogen-bond acceptors (Lipinski definition) is 4. The van der Waals surface area contributed by atoms with Crippen molar-refractivity contribution in [2.75, 3.05) is 25.1 Å². The van der Waals surface area contributed by atoms with Crippen molar-refractivity contribution in [3.63, 3.8) is 0 Å². The molecule has 6 nitrogen and oxygen atoms in total. The average Bonchev–Trinajstić information content (AvgIpc) is 3.32. The van der Waals surface area contributed by atoms with Crippen LogP contribution in [0.25, 0.3) is 0 Å². The summed E-state index contributed by atoms with van der Waals surface area (Å²) in [6.45, 7) is 5.41. The molecule has 1 aromatic carbocycles. The number of carbonyl (C=O) groups is 2. The number of likely N-dealkylation sites (tertiary alicyclic amines) is 1. The van der Waals surface area contributed by atoms with Crippen molar-refractivity contribution in [3.05, 3.63) is 18.2 Å². The molecule has 1 unspecified atom stereocenters. The molecule has 1 aliphatic heterocycles. The quantitative estimate of drug-likeness (QED) is 0.833. The molecule has 0 bridgehead atoms. The van der Waals surface area contributed by atoms with Gasteiger partial charge in [0.15, 0.2) is 11.5 Å². The lowest BCUT2D eigenvalue weighted by atomic mass is 10.1. The largest absolute Gasteiger partial charge is 0.490 e. The Morgan fingerprint density at radius 3 is 2.58 bits per heavy atom. The fraction of sp³-hybridized carbons (Fsp3) is 0.556. The lowest BCUT2D eigenvalue weighted by Gasteiger charge is -2.16. The topological polar surface area (TPSA) is 67.9 Å². The van der Waals surface area contributed by atoms with Gasteiger partial charge in [-0.25, -0.2) is 0 Å². The number of amides is 2. The molecule has 1 heterocycles. The molecule has 1 aromatic rings. The van der Waals surface area contributed by atoms with E-state index < -0.39 is 0 Å². The van der Waals surface area contributed by atoms with Gasteiger partial charge in [0, 0.05) is 30.8 Å². The van der Waals surface area contributed by atoms with Gasteiger partial charge in [-0.05, 0) is 38.8 Å². The number of nitrogens with one attached hydrogen (secondary N) is 1. The minimum Gasteiger partial charge on any atom is -0.490 e. The van der Waals surface area contributed by atoms with Gasteiger partial charge in [0.25, 0.3) is 0 Å². The van der Waals surface area contributed by atoms with Crippen LogP contribution in [0.2, 0.25) is 0 Å². The smallest absolute Gasteiger partial charge is 0.229 e. The SMILES string of the molecule is CCOc1ccc(NC(=O)C2CC(=O)N(C3CC3)C2)cc1OCC. The molecule has 24 heavy (non-hydrogen) atoms. The maximum absolute atomic E-state index is 12.5. The summed E-state index contributed by atoms with van der Waals surface area (Å²) in [5.74, 6) is 0.977. The van der Waals surface area contributed by atoms with Crippen LogP contribution in [0.4, 0.5) is 5.69 Å². The van der Waals surface area contributed by atoms with Crippen molar-refractivity contribution >= 4 is 17.5 Å². The third-order valence-electron chi connectivity index (χ3n) is 4.33. The third kappa shape index (κ3) is 3.63. The Kier molecular flexibility index (Phi) is 4.92. The van der Waals surface area contributed by atoms with Gasteiger partial charge in [-0.2, -0.15) is 0 Å². The van der Waals surface area contributed by atoms with E-state index in [9.17, 15) is 9.59 Å². The summed E-state index contributed by atoms with van der Waals surface area (Å²) in [5.41, 5.74) is 0.657. The molecule has 1 aliphatic carbocycles. The van der Waals surface area contributed by atoms with Crippen molar-refractivity contribution in [3.8, 4) is 11.5 Å². The highest BCUT2D eigenvalue weighted by molar-refractivity contribution is 5.97. The van der Waals surface area contributed by atoms with Crippen LogP contribution < -0.4 is 14.8 Å². The number of rotatable bonds is 7. The lowest BCUT2D eigenvalue weighted by Crippen LogP contribution is -2.29. The van der Waals surface area contributed by atoms with Crippen LogP contribution in [-0.4, -0.2) is 42.5 Å². The van der Waals surface area contributed by atoms with Gasteiger partial charge >= 0.3 is 0 Å². The van der Waals surface area contributed by atoms with Crippen molar-refractivity contribution in [2.24, 2.45) is 5.92 Å². The van der Waals surface area contributed by atoms with E-state index in [1.807, 2.05) is 18.7 Å². The highest BCUT2D eigenvalue weighted by atomic mass is 16.5. The highest BCUT2D eigenvalue weighted by Gasteiger charge is 2.41. The van der Waals surface area contributed by atoms with Crippen molar-refractivity contribution in [1.29, 1.82) is 0 Å². The van der Waals surface area contributed by atoms with Crippen molar-refractivity contribution in [1.82, 2.24) is 4.90 Å². The van der Waals surface area contributed by atoms with E-state index in [0.29, 0.717) is 49.4 Å². The van der Waals surface area contributed by atoms with Gasteiger partial charge in [-0.15, -0.1) is 0 Å². The van der Waals surface area contributed by atoms with E-state index >= 15 is 0 Å². The Labute approximate surface area is 142 Å². The van der Waals surface area contributed by atoms with Gasteiger partial charge in [-0.1, -0.05) is 0 Å². The molecule has 2 aliphatic rings. The predicted molar refractivity (Wildman–Crippen MR) is 90.3 cm³/mol. The number of hydrogen-bond donors (Lipinski definition) is 1. The Morgan fingerprint density at radius 2 is 1.92 bits per heavy atom. The maximum Gasteiger partial charge on any atom is 0.229 e. The van der Waals surface area contributed by atoms with Crippen LogP contribution in [0.15, 0.2) is 18.2 Å². The summed E-state index contributed by atoms with van der Waals surface area (Å²) in [6, 6.07) is 5.72. The van der Waals surface area contributed by atoms with Crippen LogP contribution >= 0.6 is 0 Å². The monoisotopic (exact) mass is 332 g/mol. The minimum absolute atomic E-state index is 0.0966. The summed E-state index contributed by atoms with van der Waals surface area (Å²) >= 11 is 0. The molecule has 1 saturated heterocycles. The van der Waals surface area contributed by atoms with Gasteiger partial charge in [0.2, 0.25) is 11.8 Å². The molecule has 2 fully saturated rings. The molecule has 1 saturated carbocycles. The molecule has 0 aromatic heterocycles. The van der Waals surface area contributed by atoms with E-state index in [1.54, 1.807) is 18.2 Å². The Hall–Kier alpha value is -2.24. The van der Waals surface area contributed by atoms with Gasteiger partial charge < -0.3 is 19.7 Å². The van der Waals surface area contributed by atoms with Gasteiger partial charge in [0.1, 0.15) is 0 Å². The molecule has 6 heteroatoms. The Bertz CT molecular complexity index is 627. The zero-order chi connectivity index (χ0) is 17.1. The molecule has 2 amide bonds. The fourth-order valence-electron chi connectivity index (χ4n) is 3.02. The van der Waals surface area contributed by atoms with E-state index in [4.69, 9.17) is 9.47 Å². The van der Waals surface area contributed by atoms with Crippen molar-refractivity contribution in [2.45, 2.75) is 39.2 Å². The summed E-state index contributed by atoms with van der Waals surface area (Å²) in [5, 5.41) is 2.90. The number of benzene rings is 1. The lowest BCUT2D eigenvalue weighted by molar-refractivity contribution is -0.128. The normalized spacial score (nSPS) is 20.2. The van der Waals surface area contributed by atoms with Crippen LogP contribution in [0.1, 0.15) is 33.1 Å². The second-order valence-corrected chi connectivity index (χ2v) is 6.20.